The fraction of sp³-hybridized carbons (Fsp3) is 0.333. The van der Waals surface area contributed by atoms with Gasteiger partial charge in [-0.2, -0.15) is 0 Å². The minimum atomic E-state index is -0.0714. The minimum Gasteiger partial charge on any atom is -0.489 e. The predicted molar refractivity (Wildman–Crippen MR) is 113 cm³/mol. The molecule has 0 radical (unpaired) electrons. The number of hydrogen-bond acceptors (Lipinski definition) is 5. The minimum absolute atomic E-state index is 0.0714. The van der Waals surface area contributed by atoms with Crippen molar-refractivity contribution < 1.29 is 14.3 Å². The van der Waals surface area contributed by atoms with Gasteiger partial charge in [0.2, 0.25) is 0 Å². The molecule has 0 unspecified atom stereocenters. The van der Waals surface area contributed by atoms with Crippen LogP contribution < -0.4 is 10.1 Å². The molecule has 1 fully saturated rings. The molecule has 0 aromatic carbocycles. The molecule has 3 aromatic heterocycles. The van der Waals surface area contributed by atoms with Gasteiger partial charge in [-0.1, -0.05) is 11.6 Å². The normalized spacial score (nSPS) is 18.5. The molecule has 0 aliphatic carbocycles. The number of nitrogens with zero attached hydrogens (tertiary/aromatic N) is 2. The van der Waals surface area contributed by atoms with E-state index in [0.29, 0.717) is 28.9 Å². The van der Waals surface area contributed by atoms with Crippen molar-refractivity contribution in [2.24, 2.45) is 0 Å². The maximum absolute atomic E-state index is 12.7. The summed E-state index contributed by atoms with van der Waals surface area (Å²) in [5.74, 6) is 0.619. The topological polar surface area (TPSA) is 65.4 Å². The number of pyridine rings is 1. The van der Waals surface area contributed by atoms with Crippen molar-refractivity contribution in [2.75, 3.05) is 19.8 Å². The summed E-state index contributed by atoms with van der Waals surface area (Å²) < 4.78 is 14.5. The van der Waals surface area contributed by atoms with E-state index in [2.05, 4.69) is 10.3 Å². The lowest BCUT2D eigenvalue weighted by Gasteiger charge is -2.17. The van der Waals surface area contributed by atoms with E-state index in [1.807, 2.05) is 29.0 Å². The number of nitrogens with one attached hydrogen (secondary N) is 1. The Labute approximate surface area is 177 Å². The number of thiophene rings is 1. The molecule has 150 valence electrons. The third-order valence-corrected chi connectivity index (χ3v) is 6.52. The van der Waals surface area contributed by atoms with E-state index in [9.17, 15) is 4.79 Å². The van der Waals surface area contributed by atoms with Crippen LogP contribution in [-0.2, 0) is 11.3 Å². The second-order valence-corrected chi connectivity index (χ2v) is 8.85. The third kappa shape index (κ3) is 3.54. The lowest BCUT2D eigenvalue weighted by atomic mass is 10.0. The van der Waals surface area contributed by atoms with E-state index in [0.717, 1.165) is 47.6 Å². The summed E-state index contributed by atoms with van der Waals surface area (Å²) in [6, 6.07) is 5.75. The number of hydrogen-bond donors (Lipinski definition) is 1. The van der Waals surface area contributed by atoms with E-state index >= 15 is 0 Å². The summed E-state index contributed by atoms with van der Waals surface area (Å²) in [5, 5.41) is 2.95. The molecule has 5 rings (SSSR count). The van der Waals surface area contributed by atoms with Gasteiger partial charge in [0.1, 0.15) is 18.1 Å². The summed E-state index contributed by atoms with van der Waals surface area (Å²) in [6.45, 7) is 2.62. The van der Waals surface area contributed by atoms with Crippen LogP contribution in [0.25, 0.3) is 21.6 Å². The smallest absolute Gasteiger partial charge is 0.268 e. The zero-order valence-corrected chi connectivity index (χ0v) is 17.3. The Hall–Kier alpha value is -2.35. The largest absolute Gasteiger partial charge is 0.489 e. The number of halogens is 1. The van der Waals surface area contributed by atoms with Crippen molar-refractivity contribution >= 4 is 28.8 Å². The lowest BCUT2D eigenvalue weighted by molar-refractivity contribution is 0.0680. The first-order valence-corrected chi connectivity index (χ1v) is 10.9. The Bertz CT molecular complexity index is 1060. The molecule has 3 aromatic rings. The number of fused-ring (bicyclic) bond motifs is 1. The van der Waals surface area contributed by atoms with Crippen LogP contribution in [-0.4, -0.2) is 41.3 Å². The van der Waals surface area contributed by atoms with Gasteiger partial charge in [0.15, 0.2) is 0 Å². The summed E-state index contributed by atoms with van der Waals surface area (Å²) in [4.78, 5) is 17.9. The van der Waals surface area contributed by atoms with Crippen molar-refractivity contribution in [3.63, 3.8) is 0 Å². The highest BCUT2D eigenvalue weighted by Gasteiger charge is 2.28. The number of rotatable bonds is 5. The Balaban J connectivity index is 1.60. The molecule has 0 bridgehead atoms. The number of carbonyl (C=O) groups is 1. The number of ether oxygens (including phenoxy) is 2. The molecule has 1 atom stereocenters. The molecule has 1 saturated heterocycles. The quantitative estimate of drug-likeness (QED) is 0.659. The Morgan fingerprint density at radius 2 is 2.28 bits per heavy atom. The fourth-order valence-electron chi connectivity index (χ4n) is 3.93. The molecule has 2 aliphatic heterocycles. The summed E-state index contributed by atoms with van der Waals surface area (Å²) in [6.07, 6.45) is 7.70. The second kappa shape index (κ2) is 7.82. The highest BCUT2D eigenvalue weighted by Crippen LogP contribution is 2.44. The van der Waals surface area contributed by atoms with E-state index < -0.39 is 0 Å². The number of amides is 1. The molecule has 0 spiro atoms. The van der Waals surface area contributed by atoms with Gasteiger partial charge in [-0.3, -0.25) is 9.78 Å². The SMILES string of the molecule is O=C1NCCn2cc(-c3ccncc3OC[C@@H]3CCCO3)c(-c3ccc(Cl)s3)c21. The van der Waals surface area contributed by atoms with Crippen LogP contribution >= 0.6 is 22.9 Å². The molecule has 0 saturated carbocycles. The molecule has 2 aliphatic rings. The van der Waals surface area contributed by atoms with Gasteiger partial charge in [0.25, 0.3) is 5.91 Å². The van der Waals surface area contributed by atoms with Gasteiger partial charge in [0.05, 0.1) is 16.6 Å². The van der Waals surface area contributed by atoms with Crippen LogP contribution in [0.2, 0.25) is 4.34 Å². The van der Waals surface area contributed by atoms with Gasteiger partial charge in [-0.15, -0.1) is 11.3 Å². The first kappa shape index (κ1) is 18.7. The van der Waals surface area contributed by atoms with Crippen LogP contribution in [0.4, 0.5) is 0 Å². The Morgan fingerprint density at radius 1 is 1.34 bits per heavy atom. The molecular formula is C21H20ClN3O3S. The third-order valence-electron chi connectivity index (χ3n) is 5.27. The van der Waals surface area contributed by atoms with Gasteiger partial charge in [-0.05, 0) is 31.0 Å². The summed E-state index contributed by atoms with van der Waals surface area (Å²) >= 11 is 7.68. The first-order valence-electron chi connectivity index (χ1n) is 9.66. The molecule has 6 nitrogen and oxygen atoms in total. The summed E-state index contributed by atoms with van der Waals surface area (Å²) in [7, 11) is 0. The lowest BCUT2D eigenvalue weighted by Crippen LogP contribution is -2.35. The van der Waals surface area contributed by atoms with Gasteiger partial charge in [-0.25, -0.2) is 0 Å². The zero-order valence-electron chi connectivity index (χ0n) is 15.7. The van der Waals surface area contributed by atoms with Crippen molar-refractivity contribution in [1.29, 1.82) is 0 Å². The van der Waals surface area contributed by atoms with Crippen LogP contribution in [0, 0.1) is 0 Å². The van der Waals surface area contributed by atoms with Gasteiger partial charge in [0, 0.05) is 53.7 Å². The van der Waals surface area contributed by atoms with E-state index in [1.54, 1.807) is 12.4 Å². The molecule has 1 amide bonds. The standard InChI is InChI=1S/C21H20ClN3O3S/c22-18-4-3-17(29-18)19-15(11-25-8-7-24-21(26)20(19)25)14-5-6-23-10-16(14)28-12-13-2-1-9-27-13/h3-6,10-11,13H,1-2,7-9,12H2,(H,24,26)/t13-/m0/s1. The maximum Gasteiger partial charge on any atom is 0.268 e. The molecule has 1 N–H and O–H groups in total. The van der Waals surface area contributed by atoms with Crippen LogP contribution in [0.1, 0.15) is 23.3 Å². The van der Waals surface area contributed by atoms with Crippen molar-refractivity contribution in [1.82, 2.24) is 14.9 Å². The van der Waals surface area contributed by atoms with Crippen LogP contribution in [0.5, 0.6) is 5.75 Å². The maximum atomic E-state index is 12.7. The average molecular weight is 430 g/mol. The van der Waals surface area contributed by atoms with Crippen LogP contribution in [0.15, 0.2) is 36.8 Å². The molecular weight excluding hydrogens is 410 g/mol. The second-order valence-electron chi connectivity index (χ2n) is 7.14. The van der Waals surface area contributed by atoms with E-state index in [1.165, 1.54) is 11.3 Å². The highest BCUT2D eigenvalue weighted by molar-refractivity contribution is 7.19. The number of carbonyl (C=O) groups excluding carboxylic acids is 1. The predicted octanol–water partition coefficient (Wildman–Crippen LogP) is 4.23. The molecule has 8 heteroatoms. The van der Waals surface area contributed by atoms with Gasteiger partial charge >= 0.3 is 0 Å². The van der Waals surface area contributed by atoms with Gasteiger partial charge < -0.3 is 19.4 Å². The van der Waals surface area contributed by atoms with E-state index in [-0.39, 0.29) is 12.0 Å². The first-order chi connectivity index (χ1) is 14.2. The number of aromatic nitrogens is 2. The fourth-order valence-corrected chi connectivity index (χ4v) is 5.03. The van der Waals surface area contributed by atoms with Crippen LogP contribution in [0.3, 0.4) is 0 Å². The molecule has 29 heavy (non-hydrogen) atoms. The van der Waals surface area contributed by atoms with E-state index in [4.69, 9.17) is 21.1 Å². The Kier molecular flexibility index (Phi) is 5.03. The average Bonchev–Trinajstić information content (AvgIpc) is 3.46. The summed E-state index contributed by atoms with van der Waals surface area (Å²) in [5.41, 5.74) is 3.39. The van der Waals surface area contributed by atoms with Crippen molar-refractivity contribution in [3.8, 4) is 27.3 Å². The van der Waals surface area contributed by atoms with Crippen molar-refractivity contribution in [2.45, 2.75) is 25.5 Å². The van der Waals surface area contributed by atoms with Crippen molar-refractivity contribution in [3.05, 3.63) is 46.8 Å². The Morgan fingerprint density at radius 3 is 3.07 bits per heavy atom. The zero-order chi connectivity index (χ0) is 19.8. The highest BCUT2D eigenvalue weighted by atomic mass is 35.5. The molecule has 5 heterocycles. The monoisotopic (exact) mass is 429 g/mol.